The summed E-state index contributed by atoms with van der Waals surface area (Å²) in [7, 11) is 0. The molecule has 0 saturated heterocycles. The maximum atomic E-state index is 14.1. The molecule has 3 aromatic rings. The van der Waals surface area contributed by atoms with Gasteiger partial charge in [0.2, 0.25) is 0 Å². The van der Waals surface area contributed by atoms with Crippen LogP contribution in [0.4, 0.5) is 14.5 Å². The monoisotopic (exact) mass is 455 g/mol. The summed E-state index contributed by atoms with van der Waals surface area (Å²) in [5.74, 6) is -1.82. The number of aryl methyl sites for hydroxylation is 1. The number of rotatable bonds is 7. The van der Waals surface area contributed by atoms with Crippen LogP contribution in [0.3, 0.4) is 0 Å². The molecule has 0 amide bonds. The number of benzene rings is 2. The van der Waals surface area contributed by atoms with Gasteiger partial charge in [-0.05, 0) is 80.3 Å². The van der Waals surface area contributed by atoms with Gasteiger partial charge < -0.3 is 5.32 Å². The van der Waals surface area contributed by atoms with E-state index >= 15 is 0 Å². The van der Waals surface area contributed by atoms with E-state index in [0.717, 1.165) is 28.0 Å². The third kappa shape index (κ3) is 6.05. The van der Waals surface area contributed by atoms with Crippen LogP contribution < -0.4 is 5.32 Å². The van der Waals surface area contributed by atoms with Gasteiger partial charge in [-0.2, -0.15) is 5.26 Å². The average molecular weight is 456 g/mol. The van der Waals surface area contributed by atoms with Gasteiger partial charge in [-0.3, -0.25) is 4.98 Å². The second kappa shape index (κ2) is 10.7. The van der Waals surface area contributed by atoms with Crippen LogP contribution in [0.25, 0.3) is 16.7 Å². The van der Waals surface area contributed by atoms with Crippen molar-refractivity contribution in [1.29, 1.82) is 5.26 Å². The lowest BCUT2D eigenvalue weighted by Gasteiger charge is -2.14. The van der Waals surface area contributed by atoms with Crippen LogP contribution >= 0.6 is 0 Å². The number of allylic oxidation sites excluding steroid dienone is 5. The summed E-state index contributed by atoms with van der Waals surface area (Å²) >= 11 is 0. The van der Waals surface area contributed by atoms with Crippen LogP contribution in [0, 0.1) is 29.9 Å². The second-order valence-electron chi connectivity index (χ2n) is 8.51. The fourth-order valence-corrected chi connectivity index (χ4v) is 3.60. The fourth-order valence-electron chi connectivity index (χ4n) is 3.60. The SMILES string of the molecule is C=C(C)/C=C(\C=C(C)C)c1ccc(NCc2cc(F)c(F)cc2-c2ccc(C)nc2)cc1C#N. The molecule has 1 N–H and O–H groups in total. The zero-order valence-electron chi connectivity index (χ0n) is 19.8. The standard InChI is InChI=1S/C29H27F2N3/c1-18(2)10-22(11-19(3)4)26-9-8-25(12-23(26)15-32)34-17-24-13-28(30)29(31)14-27(24)21-7-6-20(5)33-16-21/h6-14,16,34H,1,17H2,2-5H3/b22-10+. The molecule has 5 heteroatoms. The molecule has 2 aromatic carbocycles. The highest BCUT2D eigenvalue weighted by Crippen LogP contribution is 2.29. The molecule has 0 fully saturated rings. The van der Waals surface area contributed by atoms with Gasteiger partial charge in [-0.25, -0.2) is 8.78 Å². The van der Waals surface area contributed by atoms with Crippen molar-refractivity contribution in [3.63, 3.8) is 0 Å². The van der Waals surface area contributed by atoms with Gasteiger partial charge in [-0.1, -0.05) is 42.0 Å². The van der Waals surface area contributed by atoms with Crippen LogP contribution in [-0.2, 0) is 6.54 Å². The Balaban J connectivity index is 1.94. The number of hydrogen-bond donors (Lipinski definition) is 1. The van der Waals surface area contributed by atoms with Crippen molar-refractivity contribution >= 4 is 11.3 Å². The minimum atomic E-state index is -0.912. The van der Waals surface area contributed by atoms with Crippen molar-refractivity contribution in [2.24, 2.45) is 0 Å². The summed E-state index contributed by atoms with van der Waals surface area (Å²) in [5.41, 5.74) is 7.58. The van der Waals surface area contributed by atoms with E-state index in [0.29, 0.717) is 27.9 Å². The molecule has 0 saturated carbocycles. The molecular weight excluding hydrogens is 428 g/mol. The Bertz CT molecular complexity index is 1320. The molecule has 0 unspecified atom stereocenters. The quantitative estimate of drug-likeness (QED) is 0.371. The van der Waals surface area contributed by atoms with Gasteiger partial charge in [0.15, 0.2) is 11.6 Å². The van der Waals surface area contributed by atoms with Crippen LogP contribution in [-0.4, -0.2) is 4.98 Å². The van der Waals surface area contributed by atoms with Crippen molar-refractivity contribution in [1.82, 2.24) is 4.98 Å². The molecule has 0 radical (unpaired) electrons. The van der Waals surface area contributed by atoms with Gasteiger partial charge in [-0.15, -0.1) is 0 Å². The lowest BCUT2D eigenvalue weighted by Crippen LogP contribution is -2.04. The summed E-state index contributed by atoms with van der Waals surface area (Å²) in [6, 6.07) is 13.8. The number of pyridine rings is 1. The third-order valence-electron chi connectivity index (χ3n) is 5.15. The molecule has 1 heterocycles. The first kappa shape index (κ1) is 24.6. The second-order valence-corrected chi connectivity index (χ2v) is 8.51. The fraction of sp³-hybridized carbons (Fsp3) is 0.172. The first-order valence-corrected chi connectivity index (χ1v) is 10.9. The largest absolute Gasteiger partial charge is 0.381 e. The summed E-state index contributed by atoms with van der Waals surface area (Å²) < 4.78 is 28.1. The molecule has 172 valence electrons. The Morgan fingerprint density at radius 2 is 1.79 bits per heavy atom. The van der Waals surface area contributed by atoms with Crippen molar-refractivity contribution in [3.8, 4) is 17.2 Å². The highest BCUT2D eigenvalue weighted by atomic mass is 19.2. The van der Waals surface area contributed by atoms with Gasteiger partial charge in [0.05, 0.1) is 11.6 Å². The average Bonchev–Trinajstić information content (AvgIpc) is 2.79. The molecule has 34 heavy (non-hydrogen) atoms. The number of hydrogen-bond acceptors (Lipinski definition) is 3. The lowest BCUT2D eigenvalue weighted by atomic mass is 9.96. The minimum Gasteiger partial charge on any atom is -0.381 e. The number of nitriles is 1. The summed E-state index contributed by atoms with van der Waals surface area (Å²) in [6.07, 6.45) is 5.60. The van der Waals surface area contributed by atoms with Crippen molar-refractivity contribution in [2.45, 2.75) is 34.2 Å². The van der Waals surface area contributed by atoms with Crippen LogP contribution in [0.15, 0.2) is 78.5 Å². The third-order valence-corrected chi connectivity index (χ3v) is 5.15. The predicted molar refractivity (Wildman–Crippen MR) is 135 cm³/mol. The first-order valence-electron chi connectivity index (χ1n) is 10.9. The highest BCUT2D eigenvalue weighted by Gasteiger charge is 2.13. The van der Waals surface area contributed by atoms with E-state index < -0.39 is 11.6 Å². The van der Waals surface area contributed by atoms with E-state index in [1.807, 2.05) is 64.1 Å². The zero-order chi connectivity index (χ0) is 24.8. The maximum Gasteiger partial charge on any atom is 0.159 e. The van der Waals surface area contributed by atoms with Gasteiger partial charge >= 0.3 is 0 Å². The van der Waals surface area contributed by atoms with Crippen LogP contribution in [0.5, 0.6) is 0 Å². The molecule has 0 spiro atoms. The molecule has 0 atom stereocenters. The highest BCUT2D eigenvalue weighted by molar-refractivity contribution is 5.81. The van der Waals surface area contributed by atoms with E-state index in [2.05, 4.69) is 22.9 Å². The minimum absolute atomic E-state index is 0.243. The first-order chi connectivity index (χ1) is 16.2. The molecule has 0 aliphatic carbocycles. The van der Waals surface area contributed by atoms with Crippen molar-refractivity contribution in [3.05, 3.63) is 113 Å². The van der Waals surface area contributed by atoms with Crippen LogP contribution in [0.2, 0.25) is 0 Å². The molecular formula is C29H27F2N3. The molecule has 0 bridgehead atoms. The Kier molecular flexibility index (Phi) is 7.75. The van der Waals surface area contributed by atoms with Gasteiger partial charge in [0.1, 0.15) is 0 Å². The van der Waals surface area contributed by atoms with E-state index in [1.54, 1.807) is 12.3 Å². The Labute approximate surface area is 199 Å². The zero-order valence-corrected chi connectivity index (χ0v) is 19.8. The predicted octanol–water partition coefficient (Wildman–Crippen LogP) is 7.74. The van der Waals surface area contributed by atoms with Crippen molar-refractivity contribution in [2.75, 3.05) is 5.32 Å². The molecule has 0 aliphatic rings. The van der Waals surface area contributed by atoms with Crippen molar-refractivity contribution < 1.29 is 8.78 Å². The molecule has 3 nitrogen and oxygen atoms in total. The Morgan fingerprint density at radius 3 is 2.41 bits per heavy atom. The van der Waals surface area contributed by atoms with Gasteiger partial charge in [0, 0.05) is 29.7 Å². The number of aromatic nitrogens is 1. The van der Waals surface area contributed by atoms with E-state index in [-0.39, 0.29) is 6.54 Å². The lowest BCUT2D eigenvalue weighted by molar-refractivity contribution is 0.508. The van der Waals surface area contributed by atoms with E-state index in [9.17, 15) is 14.0 Å². The smallest absolute Gasteiger partial charge is 0.159 e. The Hall–Kier alpha value is -4.04. The maximum absolute atomic E-state index is 14.1. The normalized spacial score (nSPS) is 11.0. The summed E-state index contributed by atoms with van der Waals surface area (Å²) in [5, 5.41) is 13.0. The molecule has 3 rings (SSSR count). The summed E-state index contributed by atoms with van der Waals surface area (Å²) in [4.78, 5) is 4.27. The number of anilines is 1. The van der Waals surface area contributed by atoms with E-state index in [1.165, 1.54) is 12.1 Å². The number of nitrogens with one attached hydrogen (secondary N) is 1. The number of halogens is 2. The molecule has 1 aromatic heterocycles. The summed E-state index contributed by atoms with van der Waals surface area (Å²) in [6.45, 7) is 12.0. The Morgan fingerprint density at radius 1 is 1.06 bits per heavy atom. The molecule has 0 aliphatic heterocycles. The van der Waals surface area contributed by atoms with E-state index in [4.69, 9.17) is 0 Å². The topological polar surface area (TPSA) is 48.7 Å². The van der Waals surface area contributed by atoms with Crippen LogP contribution in [0.1, 0.15) is 43.2 Å². The van der Waals surface area contributed by atoms with Gasteiger partial charge in [0.25, 0.3) is 0 Å². The number of nitrogens with zero attached hydrogens (tertiary/aromatic N) is 2.